The van der Waals surface area contributed by atoms with Crippen LogP contribution in [0.2, 0.25) is 0 Å². The summed E-state index contributed by atoms with van der Waals surface area (Å²) in [7, 11) is -4.83. The van der Waals surface area contributed by atoms with Crippen molar-refractivity contribution in [2.24, 2.45) is 11.1 Å². The molecule has 3 atom stereocenters. The number of likely N-dealkylation sites (tertiary alicyclic amines) is 1. The van der Waals surface area contributed by atoms with Crippen molar-refractivity contribution < 1.29 is 56.0 Å². The molecule has 0 aliphatic carbocycles. The molecular weight excluding hydrogens is 787 g/mol. The number of anilines is 2. The predicted molar refractivity (Wildman–Crippen MR) is 207 cm³/mol. The molecular formula is C36H45N7O12S2. The van der Waals surface area contributed by atoms with Gasteiger partial charge in [0.05, 0.1) is 18.0 Å². The second-order valence-electron chi connectivity index (χ2n) is 15.5. The van der Waals surface area contributed by atoms with Gasteiger partial charge in [-0.25, -0.2) is 23.9 Å². The van der Waals surface area contributed by atoms with Crippen molar-refractivity contribution in [1.29, 1.82) is 0 Å². The molecule has 2 fully saturated rings. The van der Waals surface area contributed by atoms with Gasteiger partial charge in [-0.3, -0.25) is 24.3 Å². The number of carbonyl (C=O) groups is 5. The number of ether oxygens (including phenoxy) is 3. The highest BCUT2D eigenvalue weighted by Gasteiger charge is 2.51. The van der Waals surface area contributed by atoms with Gasteiger partial charge >= 0.3 is 22.5 Å². The average Bonchev–Trinajstić information content (AvgIpc) is 3.51. The highest BCUT2D eigenvalue weighted by atomic mass is 32.2. The SMILES string of the molecule is CC(=O)[C@H](COc1ccc2c(NC3CN(C(=O)OC(C)(C)C)C3)nccc2c1)O/N=C(\C(=O)C[C@@H]1C(=O)N(S(=O)(=O)O)[C@H]1C)c1csc(NC(=O)OC(C)(C)C)n1. The number of aromatic nitrogens is 2. The number of nitrogens with zero attached hydrogens (tertiary/aromatic N) is 5. The summed E-state index contributed by atoms with van der Waals surface area (Å²) >= 11 is 0.933. The van der Waals surface area contributed by atoms with Crippen LogP contribution in [0, 0.1) is 5.92 Å². The monoisotopic (exact) mass is 831 g/mol. The summed E-state index contributed by atoms with van der Waals surface area (Å²) in [6.45, 7) is 13.6. The van der Waals surface area contributed by atoms with E-state index in [-0.39, 0.29) is 33.9 Å². The van der Waals surface area contributed by atoms with Gasteiger partial charge in [0.25, 0.3) is 0 Å². The standard InChI is InChI=1S/C36H45N7O12S2/c1-19-25(31(46)43(19)57(49,50)51)14-27(45)29(26-18-56-32(39-26)40-33(47)53-35(3,4)5)41-55-28(20(2)44)17-52-23-9-10-24-21(13-23)11-12-37-30(24)38-22-15-42(16-22)34(48)54-36(6,7)8/h9-13,18-19,22,25,28H,14-17H2,1-8H3,(H,37,38)(H,39,40,47)(H,49,50,51)/b41-29-/t19-,25-,28-/m0/s1. The van der Waals surface area contributed by atoms with Crippen LogP contribution in [-0.2, 0) is 39.0 Å². The number of nitrogens with one attached hydrogen (secondary N) is 2. The van der Waals surface area contributed by atoms with E-state index in [4.69, 9.17) is 19.0 Å². The summed E-state index contributed by atoms with van der Waals surface area (Å²) in [6, 6.07) is 5.93. The number of hydrogen-bond donors (Lipinski definition) is 3. The van der Waals surface area contributed by atoms with Crippen molar-refractivity contribution >= 4 is 78.7 Å². The van der Waals surface area contributed by atoms with Gasteiger partial charge in [0, 0.05) is 36.5 Å². The molecule has 308 valence electrons. The van der Waals surface area contributed by atoms with Crippen LogP contribution in [0.25, 0.3) is 10.8 Å². The number of Topliss-reactive ketones (excluding diaryl/α,β-unsaturated/α-hetero) is 2. The number of rotatable bonds is 14. The van der Waals surface area contributed by atoms with Crippen molar-refractivity contribution in [2.45, 2.75) is 91.2 Å². The molecule has 5 rings (SSSR count). The molecule has 0 radical (unpaired) electrons. The zero-order chi connectivity index (χ0) is 42.0. The van der Waals surface area contributed by atoms with Crippen molar-refractivity contribution in [1.82, 2.24) is 19.2 Å². The summed E-state index contributed by atoms with van der Waals surface area (Å²) in [5, 5.41) is 12.8. The highest BCUT2D eigenvalue weighted by Crippen LogP contribution is 2.33. The van der Waals surface area contributed by atoms with E-state index in [9.17, 15) is 36.9 Å². The summed E-state index contributed by atoms with van der Waals surface area (Å²) < 4.78 is 49.5. The number of carbonyl (C=O) groups excluding carboxylic acids is 5. The second kappa shape index (κ2) is 16.6. The minimum Gasteiger partial charge on any atom is -0.489 e. The van der Waals surface area contributed by atoms with Crippen molar-refractivity contribution in [3.63, 3.8) is 0 Å². The average molecular weight is 832 g/mol. The Morgan fingerprint density at radius 1 is 1.07 bits per heavy atom. The van der Waals surface area contributed by atoms with Gasteiger partial charge in [-0.05, 0) is 85.0 Å². The number of β-lactam (4-membered cyclic amide) rings is 1. The maximum Gasteiger partial charge on any atom is 0.413 e. The zero-order valence-electron chi connectivity index (χ0n) is 32.6. The molecule has 0 unspecified atom stereocenters. The van der Waals surface area contributed by atoms with Crippen LogP contribution in [0.15, 0.2) is 41.0 Å². The van der Waals surface area contributed by atoms with E-state index in [0.717, 1.165) is 22.1 Å². The lowest BCUT2D eigenvalue weighted by Crippen LogP contribution is -2.62. The molecule has 2 saturated heterocycles. The number of fused-ring (bicyclic) bond motifs is 1. The lowest BCUT2D eigenvalue weighted by Gasteiger charge is -2.41. The van der Waals surface area contributed by atoms with Gasteiger partial charge in [0.2, 0.25) is 12.0 Å². The Morgan fingerprint density at radius 3 is 2.37 bits per heavy atom. The number of benzene rings is 1. The number of pyridine rings is 1. The maximum atomic E-state index is 13.6. The summed E-state index contributed by atoms with van der Waals surface area (Å²) in [5.74, 6) is -2.40. The Bertz CT molecular complexity index is 2190. The predicted octanol–water partition coefficient (Wildman–Crippen LogP) is 4.44. The summed E-state index contributed by atoms with van der Waals surface area (Å²) in [5.41, 5.74) is -1.89. The van der Waals surface area contributed by atoms with Crippen molar-refractivity contribution in [2.75, 3.05) is 30.3 Å². The molecule has 2 aliphatic heterocycles. The van der Waals surface area contributed by atoms with Gasteiger partial charge in [-0.15, -0.1) is 11.3 Å². The Hall–Kier alpha value is -5.41. The Kier molecular flexibility index (Phi) is 12.4. The molecule has 3 amide bonds. The van der Waals surface area contributed by atoms with E-state index in [0.29, 0.717) is 24.7 Å². The number of oxime groups is 1. The highest BCUT2D eigenvalue weighted by molar-refractivity contribution is 7.84. The van der Waals surface area contributed by atoms with Crippen LogP contribution in [0.4, 0.5) is 20.5 Å². The van der Waals surface area contributed by atoms with Crippen LogP contribution >= 0.6 is 11.3 Å². The van der Waals surface area contributed by atoms with Crippen LogP contribution in [0.3, 0.4) is 0 Å². The first-order chi connectivity index (χ1) is 26.5. The van der Waals surface area contributed by atoms with Crippen LogP contribution in [0.1, 0.15) is 67.5 Å². The maximum absolute atomic E-state index is 13.6. The first kappa shape index (κ1) is 42.7. The fourth-order valence-electron chi connectivity index (χ4n) is 5.71. The molecule has 1 aromatic carbocycles. The lowest BCUT2D eigenvalue weighted by atomic mass is 9.86. The van der Waals surface area contributed by atoms with Gasteiger partial charge in [0.1, 0.15) is 35.1 Å². The molecule has 57 heavy (non-hydrogen) atoms. The quantitative estimate of drug-likeness (QED) is 0.0880. The van der Waals surface area contributed by atoms with Crippen LogP contribution < -0.4 is 15.4 Å². The Labute approximate surface area is 332 Å². The number of ketones is 2. The molecule has 0 bridgehead atoms. The van der Waals surface area contributed by atoms with Crippen molar-refractivity contribution in [3.8, 4) is 5.75 Å². The molecule has 2 aromatic heterocycles. The fourth-order valence-corrected chi connectivity index (χ4v) is 7.32. The van der Waals surface area contributed by atoms with E-state index in [1.54, 1.807) is 56.1 Å². The third kappa shape index (κ3) is 10.9. The Balaban J connectivity index is 1.28. The van der Waals surface area contributed by atoms with E-state index < -0.39 is 75.3 Å². The fraction of sp³-hybridized carbons (Fsp3) is 0.500. The normalized spacial score (nSPS) is 18.3. The number of amides is 3. The number of hydrogen-bond acceptors (Lipinski definition) is 16. The van der Waals surface area contributed by atoms with Crippen molar-refractivity contribution in [3.05, 3.63) is 41.5 Å². The van der Waals surface area contributed by atoms with Crippen LogP contribution in [0.5, 0.6) is 5.75 Å². The topological polar surface area (TPSA) is 245 Å². The summed E-state index contributed by atoms with van der Waals surface area (Å²) in [6.07, 6.45) is -1.41. The second-order valence-corrected chi connectivity index (χ2v) is 17.6. The molecule has 0 spiro atoms. The molecule has 19 nitrogen and oxygen atoms in total. The van der Waals surface area contributed by atoms with Gasteiger partial charge in [0.15, 0.2) is 22.4 Å². The minimum atomic E-state index is -4.83. The van der Waals surface area contributed by atoms with Gasteiger partial charge in [-0.2, -0.15) is 8.42 Å². The van der Waals surface area contributed by atoms with Gasteiger partial charge < -0.3 is 29.3 Å². The first-order valence-electron chi connectivity index (χ1n) is 17.8. The van der Waals surface area contributed by atoms with E-state index in [1.165, 1.54) is 19.2 Å². The Morgan fingerprint density at radius 2 is 1.75 bits per heavy atom. The molecule has 3 N–H and O–H groups in total. The van der Waals surface area contributed by atoms with Crippen LogP contribution in [-0.4, -0.2) is 117 Å². The molecule has 0 saturated carbocycles. The minimum absolute atomic E-state index is 0.0292. The van der Waals surface area contributed by atoms with E-state index in [1.807, 2.05) is 20.8 Å². The molecule has 2 aliphatic rings. The number of thiazole rings is 1. The largest absolute Gasteiger partial charge is 0.489 e. The smallest absolute Gasteiger partial charge is 0.413 e. The summed E-state index contributed by atoms with van der Waals surface area (Å²) in [4.78, 5) is 79.4. The molecule has 21 heteroatoms. The first-order valence-corrected chi connectivity index (χ1v) is 20.1. The molecule has 4 heterocycles. The molecule has 3 aromatic rings. The van der Waals surface area contributed by atoms with E-state index in [2.05, 4.69) is 25.8 Å². The third-order valence-corrected chi connectivity index (χ3v) is 10.3. The third-order valence-electron chi connectivity index (χ3n) is 8.50. The lowest BCUT2D eigenvalue weighted by molar-refractivity contribution is -0.147. The zero-order valence-corrected chi connectivity index (χ0v) is 34.2. The van der Waals surface area contributed by atoms with E-state index >= 15 is 0 Å². The van der Waals surface area contributed by atoms with Gasteiger partial charge in [-0.1, -0.05) is 5.16 Å².